The van der Waals surface area contributed by atoms with Crippen molar-refractivity contribution in [1.82, 2.24) is 4.57 Å². The molecule has 0 saturated carbocycles. The number of carbonyl (C=O) groups excluding carboxylic acids is 3. The Morgan fingerprint density at radius 1 is 0.836 bits per heavy atom. The zero-order chi connectivity index (χ0) is 39.5. The second-order valence-electron chi connectivity index (χ2n) is 15.2. The number of hydrogen-bond donors (Lipinski definition) is 1. The van der Waals surface area contributed by atoms with E-state index in [2.05, 4.69) is 23.7 Å². The summed E-state index contributed by atoms with van der Waals surface area (Å²) in [4.78, 5) is 39.1. The molecule has 1 aliphatic rings. The van der Waals surface area contributed by atoms with Gasteiger partial charge in [0.25, 0.3) is 5.91 Å². The lowest BCUT2D eigenvalue weighted by Gasteiger charge is -2.40. The Labute approximate surface area is 324 Å². The van der Waals surface area contributed by atoms with E-state index in [1.165, 1.54) is 12.1 Å². The first-order valence-corrected chi connectivity index (χ1v) is 19.5. The molecule has 1 N–H and O–H groups in total. The maximum Gasteiger partial charge on any atom is 0.308 e. The van der Waals surface area contributed by atoms with Crippen LogP contribution in [0.2, 0.25) is 0 Å². The van der Waals surface area contributed by atoms with Gasteiger partial charge in [0.05, 0.1) is 42.6 Å². The molecule has 55 heavy (non-hydrogen) atoms. The quantitative estimate of drug-likeness (QED) is 0.0845. The van der Waals surface area contributed by atoms with Crippen LogP contribution in [0.25, 0.3) is 22.4 Å². The second-order valence-corrected chi connectivity index (χ2v) is 15.2. The summed E-state index contributed by atoms with van der Waals surface area (Å²) in [5, 5.41) is 3.12. The smallest absolute Gasteiger partial charge is 0.308 e. The summed E-state index contributed by atoms with van der Waals surface area (Å²) < 4.78 is 39.9. The molecule has 0 bridgehead atoms. The first kappa shape index (κ1) is 41.4. The van der Waals surface area contributed by atoms with Crippen molar-refractivity contribution in [3.8, 4) is 22.4 Å². The number of carbonyl (C=O) groups is 3. The molecule has 294 valence electrons. The van der Waals surface area contributed by atoms with Gasteiger partial charge in [-0.25, -0.2) is 4.39 Å². The number of amides is 1. The Morgan fingerprint density at radius 3 is 2.15 bits per heavy atom. The lowest BCUT2D eigenvalue weighted by atomic mass is 9.94. The van der Waals surface area contributed by atoms with Gasteiger partial charge in [0, 0.05) is 36.3 Å². The number of hydrogen-bond acceptors (Lipinski definition) is 7. The molecule has 0 aliphatic carbocycles. The molecule has 0 unspecified atom stereocenters. The minimum Gasteiger partial charge on any atom is -0.466 e. The molecule has 1 saturated heterocycles. The summed E-state index contributed by atoms with van der Waals surface area (Å²) >= 11 is 0. The molecule has 2 atom stereocenters. The lowest BCUT2D eigenvalue weighted by Crippen LogP contribution is -2.45. The topological polar surface area (TPSA) is 105 Å². The third-order valence-electron chi connectivity index (χ3n) is 9.44. The predicted octanol–water partition coefficient (Wildman–Crippen LogP) is 10.1. The van der Waals surface area contributed by atoms with E-state index in [9.17, 15) is 18.8 Å². The van der Waals surface area contributed by atoms with Gasteiger partial charge in [-0.3, -0.25) is 14.4 Å². The van der Waals surface area contributed by atoms with Crippen LogP contribution >= 0.6 is 0 Å². The van der Waals surface area contributed by atoms with Crippen LogP contribution in [0.5, 0.6) is 0 Å². The van der Waals surface area contributed by atoms with Crippen LogP contribution in [0.3, 0.4) is 0 Å². The lowest BCUT2D eigenvalue weighted by molar-refractivity contribution is -0.300. The normalized spacial score (nSPS) is 16.6. The molecule has 10 heteroatoms. The van der Waals surface area contributed by atoms with E-state index in [0.29, 0.717) is 49.9 Å². The van der Waals surface area contributed by atoms with E-state index in [4.69, 9.17) is 18.9 Å². The molecule has 0 spiro atoms. The van der Waals surface area contributed by atoms with Gasteiger partial charge in [-0.1, -0.05) is 62.4 Å². The molecule has 4 aromatic rings. The maximum absolute atomic E-state index is 14.4. The predicted molar refractivity (Wildman–Crippen MR) is 212 cm³/mol. The van der Waals surface area contributed by atoms with Crippen molar-refractivity contribution in [2.24, 2.45) is 0 Å². The SMILES string of the molecule is CC(C)OC(=O)CCCCCOC(=O)C[C@H]1C[C@@H](CCn2c(-c3ccc(F)cc3)c(-c3ccccc3)c(C(=O)Nc3ccccc3)c2C(C)C)OC(C)(C)O1. The largest absolute Gasteiger partial charge is 0.466 e. The highest BCUT2D eigenvalue weighted by atomic mass is 19.1. The summed E-state index contributed by atoms with van der Waals surface area (Å²) in [6.07, 6.45) is 2.76. The molecule has 1 aromatic heterocycles. The molecule has 9 nitrogen and oxygen atoms in total. The Bertz CT molecular complexity index is 1870. The van der Waals surface area contributed by atoms with Crippen LogP contribution < -0.4 is 5.32 Å². The van der Waals surface area contributed by atoms with Crippen molar-refractivity contribution in [2.75, 3.05) is 11.9 Å². The number of benzene rings is 3. The van der Waals surface area contributed by atoms with E-state index in [1.54, 1.807) is 12.1 Å². The molecule has 5 rings (SSSR count). The Morgan fingerprint density at radius 2 is 1.49 bits per heavy atom. The second kappa shape index (κ2) is 19.2. The Kier molecular flexibility index (Phi) is 14.4. The molecule has 1 aliphatic heterocycles. The molecule has 0 radical (unpaired) electrons. The molecule has 1 amide bonds. The fourth-order valence-electron chi connectivity index (χ4n) is 7.30. The monoisotopic (exact) mass is 754 g/mol. The van der Waals surface area contributed by atoms with Crippen LogP contribution in [0.1, 0.15) is 108 Å². The highest BCUT2D eigenvalue weighted by molar-refractivity contribution is 6.12. The first-order chi connectivity index (χ1) is 26.3. The third kappa shape index (κ3) is 11.6. The number of aromatic nitrogens is 1. The minimum atomic E-state index is -0.939. The zero-order valence-corrected chi connectivity index (χ0v) is 32.9. The minimum absolute atomic E-state index is 0.0587. The van der Waals surface area contributed by atoms with Crippen molar-refractivity contribution < 1.29 is 37.7 Å². The molecule has 2 heterocycles. The fourth-order valence-corrected chi connectivity index (χ4v) is 7.30. The van der Waals surface area contributed by atoms with Crippen molar-refractivity contribution in [3.05, 3.63) is 102 Å². The van der Waals surface area contributed by atoms with E-state index in [1.807, 2.05) is 88.4 Å². The zero-order valence-electron chi connectivity index (χ0n) is 32.9. The van der Waals surface area contributed by atoms with E-state index < -0.39 is 11.9 Å². The van der Waals surface area contributed by atoms with Crippen LogP contribution in [-0.2, 0) is 35.1 Å². The summed E-state index contributed by atoms with van der Waals surface area (Å²) in [5.41, 5.74) is 5.35. The van der Waals surface area contributed by atoms with Crippen LogP contribution in [0.15, 0.2) is 84.9 Å². The maximum atomic E-state index is 14.4. The summed E-state index contributed by atoms with van der Waals surface area (Å²) in [6.45, 7) is 12.3. The number of esters is 2. The van der Waals surface area contributed by atoms with Crippen molar-refractivity contribution in [3.63, 3.8) is 0 Å². The van der Waals surface area contributed by atoms with Crippen LogP contribution in [0.4, 0.5) is 10.1 Å². The van der Waals surface area contributed by atoms with Crippen molar-refractivity contribution >= 4 is 23.5 Å². The van der Waals surface area contributed by atoms with Gasteiger partial charge in [-0.05, 0) is 107 Å². The van der Waals surface area contributed by atoms with Gasteiger partial charge in [-0.2, -0.15) is 0 Å². The highest BCUT2D eigenvalue weighted by Crippen LogP contribution is 2.43. The number of nitrogens with one attached hydrogen (secondary N) is 1. The number of nitrogens with zero attached hydrogens (tertiary/aromatic N) is 1. The third-order valence-corrected chi connectivity index (χ3v) is 9.44. The van der Waals surface area contributed by atoms with E-state index >= 15 is 0 Å². The van der Waals surface area contributed by atoms with Gasteiger partial charge in [-0.15, -0.1) is 0 Å². The number of halogens is 1. The average molecular weight is 755 g/mol. The number of rotatable bonds is 17. The summed E-state index contributed by atoms with van der Waals surface area (Å²) in [6, 6.07) is 25.6. The van der Waals surface area contributed by atoms with Gasteiger partial charge < -0.3 is 28.8 Å². The van der Waals surface area contributed by atoms with Gasteiger partial charge in [0.15, 0.2) is 5.79 Å². The Balaban J connectivity index is 1.38. The highest BCUT2D eigenvalue weighted by Gasteiger charge is 2.37. The molecule has 1 fully saturated rings. The van der Waals surface area contributed by atoms with Crippen molar-refractivity contribution in [1.29, 1.82) is 0 Å². The van der Waals surface area contributed by atoms with Gasteiger partial charge >= 0.3 is 11.9 Å². The van der Waals surface area contributed by atoms with Crippen LogP contribution in [-0.4, -0.2) is 53.1 Å². The van der Waals surface area contributed by atoms with Crippen LogP contribution in [0, 0.1) is 5.82 Å². The summed E-state index contributed by atoms with van der Waals surface area (Å²) in [5.74, 6) is -2.13. The van der Waals surface area contributed by atoms with Crippen molar-refractivity contribution in [2.45, 2.75) is 123 Å². The molecular formula is C45H55FN2O7. The molecular weight excluding hydrogens is 700 g/mol. The number of unbranched alkanes of at least 4 members (excludes halogenated alkanes) is 2. The summed E-state index contributed by atoms with van der Waals surface area (Å²) in [7, 11) is 0. The van der Waals surface area contributed by atoms with Gasteiger partial charge in [0.1, 0.15) is 5.82 Å². The van der Waals surface area contributed by atoms with E-state index in [0.717, 1.165) is 34.5 Å². The van der Waals surface area contributed by atoms with E-state index in [-0.39, 0.29) is 54.8 Å². The molecule has 3 aromatic carbocycles. The fraction of sp³-hybridized carbons (Fsp3) is 0.444. The standard InChI is InChI=1S/C45H55FN2O7/c1-30(2)42-41(44(51)47-35-18-12-8-13-19-35)40(32-16-10-7-11-17-32)43(33-21-23-34(46)24-22-33)48(42)26-25-36-28-37(55-45(5,6)54-36)29-39(50)52-27-15-9-14-20-38(49)53-31(3)4/h7-8,10-13,16-19,21-24,30-31,36-37H,9,14-15,20,25-29H2,1-6H3,(H,47,51)/t36-,37-/m1/s1. The first-order valence-electron chi connectivity index (χ1n) is 19.5. The number of anilines is 1. The van der Waals surface area contributed by atoms with Gasteiger partial charge in [0.2, 0.25) is 0 Å². The number of ether oxygens (including phenoxy) is 4. The Hall–Kier alpha value is -4.80. The average Bonchev–Trinajstić information content (AvgIpc) is 3.48. The number of para-hydroxylation sites is 1.